The van der Waals surface area contributed by atoms with Crippen LogP contribution in [-0.2, 0) is 11.2 Å². The largest absolute Gasteiger partial charge is 0.472 e. The van der Waals surface area contributed by atoms with Crippen molar-refractivity contribution in [3.63, 3.8) is 0 Å². The van der Waals surface area contributed by atoms with Crippen LogP contribution in [0.25, 0.3) is 0 Å². The lowest BCUT2D eigenvalue weighted by molar-refractivity contribution is -0.129. The summed E-state index contributed by atoms with van der Waals surface area (Å²) in [5, 5.41) is 0.635. The molecule has 0 spiro atoms. The minimum absolute atomic E-state index is 0.00472. The lowest BCUT2D eigenvalue weighted by Crippen LogP contribution is -2.32. The summed E-state index contributed by atoms with van der Waals surface area (Å²) in [5.74, 6) is 0.688. The van der Waals surface area contributed by atoms with Crippen LogP contribution in [0.5, 0.6) is 5.88 Å². The molecule has 1 fully saturated rings. The molecule has 0 N–H and O–H groups in total. The quantitative estimate of drug-likeness (QED) is 0.871. The van der Waals surface area contributed by atoms with Gasteiger partial charge in [0.25, 0.3) is 0 Å². The molecule has 22 heavy (non-hydrogen) atoms. The number of rotatable bonds is 4. The molecule has 1 aliphatic heterocycles. The molecule has 1 aliphatic rings. The Bertz CT molecular complexity index is 648. The summed E-state index contributed by atoms with van der Waals surface area (Å²) in [7, 11) is 0. The Labute approximate surface area is 134 Å². The molecule has 4 nitrogen and oxygen atoms in total. The van der Waals surface area contributed by atoms with Gasteiger partial charge in [0.1, 0.15) is 6.10 Å². The zero-order chi connectivity index (χ0) is 15.4. The van der Waals surface area contributed by atoms with Gasteiger partial charge in [0.2, 0.25) is 11.8 Å². The van der Waals surface area contributed by atoms with Gasteiger partial charge < -0.3 is 9.64 Å². The van der Waals surface area contributed by atoms with Gasteiger partial charge in [0.05, 0.1) is 13.0 Å². The second-order valence-corrected chi connectivity index (χ2v) is 5.71. The molecule has 0 bridgehead atoms. The Balaban J connectivity index is 1.56. The van der Waals surface area contributed by atoms with Gasteiger partial charge >= 0.3 is 0 Å². The van der Waals surface area contributed by atoms with Crippen molar-refractivity contribution in [3.05, 3.63) is 59.2 Å². The van der Waals surface area contributed by atoms with Crippen molar-refractivity contribution in [2.75, 3.05) is 13.1 Å². The lowest BCUT2D eigenvalue weighted by atomic mass is 10.1. The third-order valence-corrected chi connectivity index (χ3v) is 4.09. The molecule has 2 aromatic rings. The number of benzene rings is 1. The molecule has 1 aromatic carbocycles. The number of amides is 1. The van der Waals surface area contributed by atoms with Crippen LogP contribution in [0.1, 0.15) is 12.0 Å². The average molecular weight is 317 g/mol. The van der Waals surface area contributed by atoms with Crippen LogP contribution in [-0.4, -0.2) is 35.0 Å². The van der Waals surface area contributed by atoms with Gasteiger partial charge in [0.15, 0.2) is 0 Å². The summed E-state index contributed by atoms with van der Waals surface area (Å²) in [6, 6.07) is 13.0. The summed E-state index contributed by atoms with van der Waals surface area (Å²) in [6.45, 7) is 1.31. The van der Waals surface area contributed by atoms with E-state index in [1.54, 1.807) is 12.3 Å². The smallest absolute Gasteiger partial charge is 0.227 e. The van der Waals surface area contributed by atoms with Gasteiger partial charge in [-0.2, -0.15) is 0 Å². The number of likely N-dealkylation sites (tertiary alicyclic amines) is 1. The minimum atomic E-state index is 0.00472. The fourth-order valence-electron chi connectivity index (χ4n) is 2.55. The highest BCUT2D eigenvalue weighted by Crippen LogP contribution is 2.20. The average Bonchev–Trinajstić information content (AvgIpc) is 2.99. The Morgan fingerprint density at radius 1 is 1.27 bits per heavy atom. The van der Waals surface area contributed by atoms with Crippen LogP contribution in [0, 0.1) is 0 Å². The summed E-state index contributed by atoms with van der Waals surface area (Å²) >= 11 is 6.11. The highest BCUT2D eigenvalue weighted by molar-refractivity contribution is 6.31. The SMILES string of the molecule is O=C(Cc1ccccc1Cl)N1CCC(Oc2ccccn2)C1. The maximum Gasteiger partial charge on any atom is 0.227 e. The van der Waals surface area contributed by atoms with E-state index in [0.717, 1.165) is 12.0 Å². The van der Waals surface area contributed by atoms with Crippen molar-refractivity contribution >= 4 is 17.5 Å². The van der Waals surface area contributed by atoms with Crippen molar-refractivity contribution < 1.29 is 9.53 Å². The van der Waals surface area contributed by atoms with E-state index in [0.29, 0.717) is 30.4 Å². The Morgan fingerprint density at radius 2 is 2.09 bits per heavy atom. The molecule has 5 heteroatoms. The zero-order valence-corrected chi connectivity index (χ0v) is 12.9. The molecule has 0 aliphatic carbocycles. The predicted octanol–water partition coefficient (Wildman–Crippen LogP) is 2.96. The number of carbonyl (C=O) groups is 1. The van der Waals surface area contributed by atoms with Crippen LogP contribution in [0.4, 0.5) is 0 Å². The summed E-state index contributed by atoms with van der Waals surface area (Å²) in [4.78, 5) is 18.3. The molecule has 1 amide bonds. The van der Waals surface area contributed by atoms with Crippen molar-refractivity contribution in [1.82, 2.24) is 9.88 Å². The van der Waals surface area contributed by atoms with E-state index >= 15 is 0 Å². The molecule has 3 rings (SSSR count). The maximum absolute atomic E-state index is 12.4. The van der Waals surface area contributed by atoms with Gasteiger partial charge in [-0.25, -0.2) is 4.98 Å². The third kappa shape index (κ3) is 3.57. The number of halogens is 1. The van der Waals surface area contributed by atoms with Crippen molar-refractivity contribution in [3.8, 4) is 5.88 Å². The third-order valence-electron chi connectivity index (χ3n) is 3.72. The van der Waals surface area contributed by atoms with Gasteiger partial charge in [-0.1, -0.05) is 35.9 Å². The van der Waals surface area contributed by atoms with E-state index in [2.05, 4.69) is 4.98 Å². The second kappa shape index (κ2) is 6.79. The van der Waals surface area contributed by atoms with Crippen LogP contribution in [0.2, 0.25) is 5.02 Å². The fraction of sp³-hybridized carbons (Fsp3) is 0.294. The topological polar surface area (TPSA) is 42.4 Å². The lowest BCUT2D eigenvalue weighted by Gasteiger charge is -2.17. The molecule has 1 aromatic heterocycles. The predicted molar refractivity (Wildman–Crippen MR) is 85.0 cm³/mol. The maximum atomic E-state index is 12.4. The van der Waals surface area contributed by atoms with Crippen LogP contribution >= 0.6 is 11.6 Å². The molecule has 1 atom stereocenters. The molecule has 2 heterocycles. The highest BCUT2D eigenvalue weighted by atomic mass is 35.5. The fourth-order valence-corrected chi connectivity index (χ4v) is 2.76. The molecule has 0 saturated carbocycles. The second-order valence-electron chi connectivity index (χ2n) is 5.30. The normalized spacial score (nSPS) is 17.5. The number of pyridine rings is 1. The Kier molecular flexibility index (Phi) is 4.59. The van der Waals surface area contributed by atoms with Crippen LogP contribution in [0.3, 0.4) is 0 Å². The Morgan fingerprint density at radius 3 is 2.86 bits per heavy atom. The monoisotopic (exact) mass is 316 g/mol. The van der Waals surface area contributed by atoms with Crippen molar-refractivity contribution in [2.24, 2.45) is 0 Å². The first-order valence-electron chi connectivity index (χ1n) is 7.31. The van der Waals surface area contributed by atoms with E-state index < -0.39 is 0 Å². The van der Waals surface area contributed by atoms with Crippen molar-refractivity contribution in [2.45, 2.75) is 18.9 Å². The van der Waals surface area contributed by atoms with Gasteiger partial charge in [-0.3, -0.25) is 4.79 Å². The standard InChI is InChI=1S/C17H17ClN2O2/c18-15-6-2-1-5-13(15)11-17(21)20-10-8-14(12-20)22-16-7-3-4-9-19-16/h1-7,9,14H,8,10-12H2. The first-order valence-corrected chi connectivity index (χ1v) is 7.69. The first kappa shape index (κ1) is 14.9. The molecule has 1 saturated heterocycles. The zero-order valence-electron chi connectivity index (χ0n) is 12.1. The molecular weight excluding hydrogens is 300 g/mol. The van der Waals surface area contributed by atoms with Crippen LogP contribution in [0.15, 0.2) is 48.7 Å². The minimum Gasteiger partial charge on any atom is -0.472 e. The molecule has 0 radical (unpaired) electrons. The number of nitrogens with zero attached hydrogens (tertiary/aromatic N) is 2. The molecule has 114 valence electrons. The van der Waals surface area contributed by atoms with E-state index in [1.807, 2.05) is 41.3 Å². The van der Waals surface area contributed by atoms with E-state index in [9.17, 15) is 4.79 Å². The first-order chi connectivity index (χ1) is 10.7. The van der Waals surface area contributed by atoms with Gasteiger partial charge in [0, 0.05) is 30.3 Å². The Hall–Kier alpha value is -2.07. The number of aromatic nitrogens is 1. The molecular formula is C17H17ClN2O2. The summed E-state index contributed by atoms with van der Waals surface area (Å²) < 4.78 is 5.80. The summed E-state index contributed by atoms with van der Waals surface area (Å²) in [5.41, 5.74) is 0.864. The number of hydrogen-bond acceptors (Lipinski definition) is 3. The van der Waals surface area contributed by atoms with E-state index in [4.69, 9.17) is 16.3 Å². The van der Waals surface area contributed by atoms with Crippen LogP contribution < -0.4 is 4.74 Å². The van der Waals surface area contributed by atoms with Gasteiger partial charge in [-0.05, 0) is 17.7 Å². The number of carbonyl (C=O) groups excluding carboxylic acids is 1. The number of hydrogen-bond donors (Lipinski definition) is 0. The van der Waals surface area contributed by atoms with E-state index in [1.165, 1.54) is 0 Å². The van der Waals surface area contributed by atoms with Crippen molar-refractivity contribution in [1.29, 1.82) is 0 Å². The summed E-state index contributed by atoms with van der Waals surface area (Å²) in [6.07, 6.45) is 2.86. The highest BCUT2D eigenvalue weighted by Gasteiger charge is 2.28. The van der Waals surface area contributed by atoms with E-state index in [-0.39, 0.29) is 12.0 Å². The van der Waals surface area contributed by atoms with Gasteiger partial charge in [-0.15, -0.1) is 0 Å². The number of ether oxygens (including phenoxy) is 1. The molecule has 1 unspecified atom stereocenters.